The van der Waals surface area contributed by atoms with Crippen LogP contribution in [0, 0.1) is 0 Å². The zero-order chi connectivity index (χ0) is 47.4. The lowest BCUT2D eigenvalue weighted by Crippen LogP contribution is -2.46. The first kappa shape index (κ1) is 63.1. The van der Waals surface area contributed by atoms with E-state index in [9.17, 15) is 19.8 Å². The Labute approximate surface area is 404 Å². The van der Waals surface area contributed by atoms with Gasteiger partial charge < -0.3 is 20.3 Å². The van der Waals surface area contributed by atoms with Crippen LogP contribution in [0.1, 0.15) is 303 Å². The van der Waals surface area contributed by atoms with Crippen LogP contribution in [-0.4, -0.2) is 46.9 Å². The molecule has 3 atom stereocenters. The Balaban J connectivity index is 4.59. The number of aliphatic hydroxyl groups excluding tert-OH is 2. The van der Waals surface area contributed by atoms with E-state index >= 15 is 0 Å². The lowest BCUT2D eigenvalue weighted by atomic mass is 10.0. The van der Waals surface area contributed by atoms with Crippen LogP contribution >= 0.6 is 0 Å². The summed E-state index contributed by atoms with van der Waals surface area (Å²) < 4.78 is 5.95. The van der Waals surface area contributed by atoms with Crippen LogP contribution < -0.4 is 5.32 Å². The Morgan fingerprint density at radius 3 is 1.20 bits per heavy atom. The molecule has 0 aromatic heterocycles. The lowest BCUT2D eigenvalue weighted by Gasteiger charge is -2.24. The molecule has 382 valence electrons. The average Bonchev–Trinajstić information content (AvgIpc) is 3.30. The largest absolute Gasteiger partial charge is 0.462 e. The number of rotatable bonds is 52. The fraction of sp³-hybridized carbons (Fsp3) is 0.864. The number of ether oxygens (including phenoxy) is 1. The standard InChI is InChI=1S/C59H111NO5/c1-4-7-10-13-16-19-22-25-27-29-30-32-34-37-40-43-46-49-52-59(64)65-55(50-47-44-41-38-35-33-31-28-26-23-20-17-14-11-8-5-2)53-58(63)60-56(54-61)57(62)51-48-45-42-39-36-24-21-18-15-12-9-6-3/h28,30-33,35,55-57,61-62H,4-27,29,34,36-54H2,1-3H3,(H,60,63)/b31-28+,32-30+,35-33+. The van der Waals surface area contributed by atoms with Crippen molar-refractivity contribution in [2.75, 3.05) is 6.61 Å². The van der Waals surface area contributed by atoms with Crippen molar-refractivity contribution in [1.82, 2.24) is 5.32 Å². The molecule has 0 aromatic carbocycles. The van der Waals surface area contributed by atoms with Crippen molar-refractivity contribution < 1.29 is 24.5 Å². The third kappa shape index (κ3) is 48.3. The van der Waals surface area contributed by atoms with Crippen LogP contribution in [0.25, 0.3) is 0 Å². The molecule has 65 heavy (non-hydrogen) atoms. The predicted molar refractivity (Wildman–Crippen MR) is 282 cm³/mol. The molecule has 3 N–H and O–H groups in total. The summed E-state index contributed by atoms with van der Waals surface area (Å²) in [6, 6.07) is -0.710. The van der Waals surface area contributed by atoms with E-state index in [1.807, 2.05) is 0 Å². The molecule has 0 aliphatic rings. The topological polar surface area (TPSA) is 95.9 Å². The highest BCUT2D eigenvalue weighted by Gasteiger charge is 2.24. The molecule has 0 saturated carbocycles. The molecule has 0 radical (unpaired) electrons. The number of carbonyl (C=O) groups is 2. The second kappa shape index (κ2) is 53.0. The molecule has 0 saturated heterocycles. The summed E-state index contributed by atoms with van der Waals surface area (Å²) in [6.45, 7) is 6.49. The summed E-state index contributed by atoms with van der Waals surface area (Å²) in [5.41, 5.74) is 0. The molecule has 6 nitrogen and oxygen atoms in total. The van der Waals surface area contributed by atoms with Gasteiger partial charge >= 0.3 is 5.97 Å². The molecule has 0 spiro atoms. The van der Waals surface area contributed by atoms with Crippen molar-refractivity contribution >= 4 is 11.9 Å². The normalized spacial score (nSPS) is 13.4. The van der Waals surface area contributed by atoms with Gasteiger partial charge in [0.25, 0.3) is 0 Å². The van der Waals surface area contributed by atoms with Gasteiger partial charge in [-0.1, -0.05) is 250 Å². The van der Waals surface area contributed by atoms with Crippen molar-refractivity contribution in [3.63, 3.8) is 0 Å². The summed E-state index contributed by atoms with van der Waals surface area (Å²) in [5.74, 6) is -0.497. The Hall–Kier alpha value is -1.92. The van der Waals surface area contributed by atoms with Gasteiger partial charge in [0, 0.05) is 6.42 Å². The Morgan fingerprint density at radius 1 is 0.446 bits per heavy atom. The van der Waals surface area contributed by atoms with Crippen LogP contribution in [0.5, 0.6) is 0 Å². The minimum atomic E-state index is -0.795. The van der Waals surface area contributed by atoms with Crippen LogP contribution in [0.3, 0.4) is 0 Å². The molecule has 0 bridgehead atoms. The maximum absolute atomic E-state index is 13.2. The molecular weight excluding hydrogens is 803 g/mol. The summed E-state index contributed by atoms with van der Waals surface area (Å²) in [4.78, 5) is 26.2. The van der Waals surface area contributed by atoms with Gasteiger partial charge in [-0.3, -0.25) is 9.59 Å². The number of nitrogens with one attached hydrogen (secondary N) is 1. The van der Waals surface area contributed by atoms with Crippen LogP contribution in [0.15, 0.2) is 36.5 Å². The Morgan fingerprint density at radius 2 is 0.785 bits per heavy atom. The van der Waals surface area contributed by atoms with E-state index in [1.54, 1.807) is 0 Å². The first-order chi connectivity index (χ1) is 32.0. The maximum Gasteiger partial charge on any atom is 0.306 e. The van der Waals surface area contributed by atoms with Crippen LogP contribution in [0.4, 0.5) is 0 Å². The van der Waals surface area contributed by atoms with E-state index in [1.165, 1.54) is 180 Å². The number of aliphatic hydroxyl groups is 2. The Kier molecular flexibility index (Phi) is 51.5. The van der Waals surface area contributed by atoms with Crippen molar-refractivity contribution in [3.05, 3.63) is 36.5 Å². The van der Waals surface area contributed by atoms with Gasteiger partial charge in [-0.25, -0.2) is 0 Å². The second-order valence-corrected chi connectivity index (χ2v) is 19.7. The number of hydrogen-bond acceptors (Lipinski definition) is 5. The number of hydrogen-bond donors (Lipinski definition) is 3. The molecular formula is C59H111NO5. The van der Waals surface area contributed by atoms with Crippen molar-refractivity contribution in [1.29, 1.82) is 0 Å². The number of amides is 1. The minimum Gasteiger partial charge on any atom is -0.462 e. The molecule has 0 heterocycles. The Bertz CT molecular complexity index is 1070. The fourth-order valence-electron chi connectivity index (χ4n) is 8.83. The minimum absolute atomic E-state index is 0.0592. The van der Waals surface area contributed by atoms with E-state index in [0.717, 1.165) is 77.0 Å². The summed E-state index contributed by atoms with van der Waals surface area (Å²) in [5, 5.41) is 23.8. The van der Waals surface area contributed by atoms with E-state index in [-0.39, 0.29) is 24.9 Å². The SMILES string of the molecule is CCCCCCCCC/C=C/C=C/CCCCCC(CC(=O)NC(CO)C(O)CCCCCCCCCCCCCC)OC(=O)CCCCCCC/C=C/CCCCCCCCCCC. The highest BCUT2D eigenvalue weighted by atomic mass is 16.5. The zero-order valence-electron chi connectivity index (χ0n) is 43.6. The van der Waals surface area contributed by atoms with Gasteiger partial charge in [0.05, 0.1) is 25.2 Å². The van der Waals surface area contributed by atoms with E-state index in [4.69, 9.17) is 4.74 Å². The lowest BCUT2D eigenvalue weighted by molar-refractivity contribution is -0.151. The predicted octanol–water partition coefficient (Wildman–Crippen LogP) is 17.6. The van der Waals surface area contributed by atoms with Crippen molar-refractivity contribution in [3.8, 4) is 0 Å². The van der Waals surface area contributed by atoms with E-state index in [0.29, 0.717) is 19.3 Å². The van der Waals surface area contributed by atoms with E-state index < -0.39 is 18.2 Å². The monoisotopic (exact) mass is 914 g/mol. The maximum atomic E-state index is 13.2. The first-order valence-corrected chi connectivity index (χ1v) is 28.7. The number of carbonyl (C=O) groups excluding carboxylic acids is 2. The third-order valence-electron chi connectivity index (χ3n) is 13.2. The summed E-state index contributed by atoms with van der Waals surface area (Å²) in [6.07, 6.45) is 63.5. The molecule has 6 heteroatoms. The molecule has 0 aliphatic heterocycles. The van der Waals surface area contributed by atoms with Crippen molar-refractivity contribution in [2.45, 2.75) is 322 Å². The number of allylic oxidation sites excluding steroid dienone is 6. The van der Waals surface area contributed by atoms with Gasteiger partial charge in [-0.2, -0.15) is 0 Å². The van der Waals surface area contributed by atoms with Crippen LogP contribution in [0.2, 0.25) is 0 Å². The third-order valence-corrected chi connectivity index (χ3v) is 13.2. The molecule has 0 rings (SSSR count). The molecule has 0 aromatic rings. The van der Waals surface area contributed by atoms with Gasteiger partial charge in [0.15, 0.2) is 0 Å². The molecule has 1 amide bonds. The quantitative estimate of drug-likeness (QED) is 0.0244. The van der Waals surface area contributed by atoms with Crippen molar-refractivity contribution in [2.24, 2.45) is 0 Å². The first-order valence-electron chi connectivity index (χ1n) is 28.7. The summed E-state index contributed by atoms with van der Waals surface area (Å²) >= 11 is 0. The zero-order valence-corrected chi connectivity index (χ0v) is 43.6. The van der Waals surface area contributed by atoms with Gasteiger partial charge in [-0.05, 0) is 77.0 Å². The van der Waals surface area contributed by atoms with Gasteiger partial charge in [0.2, 0.25) is 5.91 Å². The van der Waals surface area contributed by atoms with E-state index in [2.05, 4.69) is 62.5 Å². The second-order valence-electron chi connectivity index (χ2n) is 19.7. The highest BCUT2D eigenvalue weighted by molar-refractivity contribution is 5.77. The van der Waals surface area contributed by atoms with Gasteiger partial charge in [0.1, 0.15) is 6.10 Å². The summed E-state index contributed by atoms with van der Waals surface area (Å²) in [7, 11) is 0. The molecule has 3 unspecified atom stereocenters. The number of esters is 1. The average molecular weight is 915 g/mol. The fourth-order valence-corrected chi connectivity index (χ4v) is 8.83. The van der Waals surface area contributed by atoms with Crippen LogP contribution in [-0.2, 0) is 14.3 Å². The number of unbranched alkanes of at least 4 members (excludes halogenated alkanes) is 35. The highest BCUT2D eigenvalue weighted by Crippen LogP contribution is 2.18. The van der Waals surface area contributed by atoms with Gasteiger partial charge in [-0.15, -0.1) is 0 Å². The molecule has 0 aliphatic carbocycles. The molecule has 0 fully saturated rings. The smallest absolute Gasteiger partial charge is 0.306 e.